The first-order valence-corrected chi connectivity index (χ1v) is 5.61. The molecule has 1 heterocycles. The van der Waals surface area contributed by atoms with Gasteiger partial charge in [0.1, 0.15) is 0 Å². The van der Waals surface area contributed by atoms with Gasteiger partial charge in [0.05, 0.1) is 5.60 Å². The van der Waals surface area contributed by atoms with Crippen molar-refractivity contribution in [3.8, 4) is 0 Å². The standard InChI is InChI=1S/C11H21F2NO/c1-10(15)4-3-7-14(8-5-10)9-6-11(2,12)13/h15H,3-9H2,1-2H3/t10-/m0/s1. The van der Waals surface area contributed by atoms with E-state index in [4.69, 9.17) is 0 Å². The van der Waals surface area contributed by atoms with E-state index in [2.05, 4.69) is 0 Å². The number of hydrogen-bond donors (Lipinski definition) is 1. The second-order valence-corrected chi connectivity index (χ2v) is 5.01. The number of nitrogens with zero attached hydrogens (tertiary/aromatic N) is 1. The van der Waals surface area contributed by atoms with Crippen molar-refractivity contribution >= 4 is 0 Å². The molecule has 1 N–H and O–H groups in total. The normalized spacial score (nSPS) is 30.2. The lowest BCUT2D eigenvalue weighted by molar-refractivity contribution is 0.00233. The fraction of sp³-hybridized carbons (Fsp3) is 1.00. The van der Waals surface area contributed by atoms with E-state index in [1.807, 2.05) is 11.8 Å². The predicted molar refractivity (Wildman–Crippen MR) is 56.2 cm³/mol. The van der Waals surface area contributed by atoms with Gasteiger partial charge in [-0.05, 0) is 39.7 Å². The summed E-state index contributed by atoms with van der Waals surface area (Å²) in [4.78, 5) is 2.03. The summed E-state index contributed by atoms with van der Waals surface area (Å²) in [5.74, 6) is -2.57. The monoisotopic (exact) mass is 221 g/mol. The molecule has 90 valence electrons. The van der Waals surface area contributed by atoms with Gasteiger partial charge in [-0.3, -0.25) is 0 Å². The van der Waals surface area contributed by atoms with E-state index in [0.29, 0.717) is 13.0 Å². The van der Waals surface area contributed by atoms with Crippen LogP contribution in [0.2, 0.25) is 0 Å². The average Bonchev–Trinajstić information content (AvgIpc) is 2.22. The Morgan fingerprint density at radius 1 is 1.33 bits per heavy atom. The molecule has 1 rings (SSSR count). The Labute approximate surface area is 90.3 Å². The van der Waals surface area contributed by atoms with E-state index < -0.39 is 11.5 Å². The van der Waals surface area contributed by atoms with E-state index in [9.17, 15) is 13.9 Å². The molecule has 0 aromatic heterocycles. The van der Waals surface area contributed by atoms with Gasteiger partial charge in [0, 0.05) is 19.5 Å². The molecule has 0 amide bonds. The Balaban J connectivity index is 2.32. The molecule has 15 heavy (non-hydrogen) atoms. The van der Waals surface area contributed by atoms with Gasteiger partial charge < -0.3 is 10.0 Å². The molecule has 0 saturated carbocycles. The first-order valence-electron chi connectivity index (χ1n) is 5.61. The van der Waals surface area contributed by atoms with Gasteiger partial charge >= 0.3 is 0 Å². The van der Waals surface area contributed by atoms with Gasteiger partial charge in [0.15, 0.2) is 0 Å². The van der Waals surface area contributed by atoms with E-state index >= 15 is 0 Å². The topological polar surface area (TPSA) is 23.5 Å². The van der Waals surface area contributed by atoms with Gasteiger partial charge in [-0.2, -0.15) is 0 Å². The van der Waals surface area contributed by atoms with Crippen LogP contribution >= 0.6 is 0 Å². The molecule has 2 nitrogen and oxygen atoms in total. The maximum absolute atomic E-state index is 12.7. The molecule has 0 radical (unpaired) electrons. The summed E-state index contributed by atoms with van der Waals surface area (Å²) in [5, 5.41) is 9.83. The fourth-order valence-electron chi connectivity index (χ4n) is 1.90. The fourth-order valence-corrected chi connectivity index (χ4v) is 1.90. The van der Waals surface area contributed by atoms with E-state index in [1.165, 1.54) is 0 Å². The smallest absolute Gasteiger partial charge is 0.246 e. The Kier molecular flexibility index (Phi) is 4.06. The minimum Gasteiger partial charge on any atom is -0.390 e. The number of halogens is 2. The zero-order valence-electron chi connectivity index (χ0n) is 9.60. The van der Waals surface area contributed by atoms with Crippen molar-refractivity contribution in [2.45, 2.75) is 51.1 Å². The van der Waals surface area contributed by atoms with Gasteiger partial charge in [-0.15, -0.1) is 0 Å². The van der Waals surface area contributed by atoms with Gasteiger partial charge in [-0.25, -0.2) is 8.78 Å². The molecular weight excluding hydrogens is 200 g/mol. The minimum absolute atomic E-state index is 0.0882. The number of likely N-dealkylation sites (tertiary alicyclic amines) is 1. The van der Waals surface area contributed by atoms with Crippen molar-refractivity contribution < 1.29 is 13.9 Å². The SMILES string of the molecule is CC(F)(F)CCN1CCC[C@](C)(O)CC1. The number of hydrogen-bond acceptors (Lipinski definition) is 2. The highest BCUT2D eigenvalue weighted by molar-refractivity contribution is 4.79. The van der Waals surface area contributed by atoms with Crippen LogP contribution in [0.15, 0.2) is 0 Å². The predicted octanol–water partition coefficient (Wildman–Crippen LogP) is 2.27. The van der Waals surface area contributed by atoms with E-state index in [0.717, 1.165) is 32.9 Å². The van der Waals surface area contributed by atoms with Gasteiger partial charge in [0.2, 0.25) is 5.92 Å². The van der Waals surface area contributed by atoms with Crippen LogP contribution in [0.25, 0.3) is 0 Å². The second kappa shape index (κ2) is 4.74. The molecule has 0 aromatic rings. The third kappa shape index (κ3) is 5.42. The summed E-state index contributed by atoms with van der Waals surface area (Å²) in [6, 6.07) is 0. The highest BCUT2D eigenvalue weighted by Crippen LogP contribution is 2.23. The van der Waals surface area contributed by atoms with Crippen LogP contribution in [-0.4, -0.2) is 41.2 Å². The highest BCUT2D eigenvalue weighted by atomic mass is 19.3. The maximum Gasteiger partial charge on any atom is 0.246 e. The largest absolute Gasteiger partial charge is 0.390 e. The third-order valence-electron chi connectivity index (χ3n) is 3.02. The van der Waals surface area contributed by atoms with Crippen LogP contribution in [-0.2, 0) is 0 Å². The van der Waals surface area contributed by atoms with Crippen LogP contribution in [0.5, 0.6) is 0 Å². The molecule has 1 aliphatic heterocycles. The number of aliphatic hydroxyl groups is 1. The van der Waals surface area contributed by atoms with Crippen LogP contribution in [0.1, 0.15) is 39.5 Å². The first kappa shape index (κ1) is 12.8. The molecule has 1 aliphatic rings. The molecule has 0 spiro atoms. The molecule has 0 aliphatic carbocycles. The lowest BCUT2D eigenvalue weighted by Crippen LogP contribution is -2.31. The van der Waals surface area contributed by atoms with E-state index in [-0.39, 0.29) is 6.42 Å². The minimum atomic E-state index is -2.57. The molecule has 1 fully saturated rings. The molecule has 4 heteroatoms. The second-order valence-electron chi connectivity index (χ2n) is 5.01. The Hall–Kier alpha value is -0.220. The quantitative estimate of drug-likeness (QED) is 0.790. The lowest BCUT2D eigenvalue weighted by Gasteiger charge is -2.23. The molecule has 1 atom stereocenters. The van der Waals surface area contributed by atoms with Crippen molar-refractivity contribution in [1.29, 1.82) is 0 Å². The molecular formula is C11H21F2NO. The Bertz CT molecular complexity index is 201. The van der Waals surface area contributed by atoms with Crippen LogP contribution in [0.3, 0.4) is 0 Å². The van der Waals surface area contributed by atoms with Crippen molar-refractivity contribution in [3.63, 3.8) is 0 Å². The van der Waals surface area contributed by atoms with Crippen LogP contribution < -0.4 is 0 Å². The zero-order valence-corrected chi connectivity index (χ0v) is 9.60. The first-order chi connectivity index (χ1) is 6.79. The summed E-state index contributed by atoms with van der Waals surface area (Å²) in [5.41, 5.74) is -0.608. The number of rotatable bonds is 3. The van der Waals surface area contributed by atoms with Crippen LogP contribution in [0, 0.1) is 0 Å². The van der Waals surface area contributed by atoms with Gasteiger partial charge in [-0.1, -0.05) is 0 Å². The van der Waals surface area contributed by atoms with Crippen LogP contribution in [0.4, 0.5) is 8.78 Å². The van der Waals surface area contributed by atoms with Gasteiger partial charge in [0.25, 0.3) is 0 Å². The summed E-state index contributed by atoms with van der Waals surface area (Å²) in [6.45, 7) is 4.76. The third-order valence-corrected chi connectivity index (χ3v) is 3.02. The van der Waals surface area contributed by atoms with Crippen molar-refractivity contribution in [1.82, 2.24) is 4.90 Å². The highest BCUT2D eigenvalue weighted by Gasteiger charge is 2.27. The lowest BCUT2D eigenvalue weighted by atomic mass is 9.98. The zero-order chi connectivity index (χ0) is 11.5. The molecule has 0 bridgehead atoms. The molecule has 0 unspecified atom stereocenters. The van der Waals surface area contributed by atoms with Crippen molar-refractivity contribution in [2.24, 2.45) is 0 Å². The summed E-state index contributed by atoms with van der Waals surface area (Å²) >= 11 is 0. The Morgan fingerprint density at radius 3 is 2.60 bits per heavy atom. The molecule has 0 aromatic carbocycles. The average molecular weight is 221 g/mol. The van der Waals surface area contributed by atoms with E-state index in [1.54, 1.807) is 0 Å². The van der Waals surface area contributed by atoms with Crippen molar-refractivity contribution in [3.05, 3.63) is 0 Å². The summed E-state index contributed by atoms with van der Waals surface area (Å²) < 4.78 is 25.3. The summed E-state index contributed by atoms with van der Waals surface area (Å²) in [6.07, 6.45) is 2.26. The maximum atomic E-state index is 12.7. The number of alkyl halides is 2. The van der Waals surface area contributed by atoms with Crippen molar-refractivity contribution in [2.75, 3.05) is 19.6 Å². The summed E-state index contributed by atoms with van der Waals surface area (Å²) in [7, 11) is 0. The molecule has 1 saturated heterocycles. The Morgan fingerprint density at radius 2 is 2.00 bits per heavy atom.